The van der Waals surface area contributed by atoms with Gasteiger partial charge in [0.25, 0.3) is 0 Å². The molecule has 0 saturated heterocycles. The van der Waals surface area contributed by atoms with Gasteiger partial charge in [0.15, 0.2) is 0 Å². The van der Waals surface area contributed by atoms with Crippen molar-refractivity contribution >= 4 is 0 Å². The maximum atomic E-state index is 13.8. The van der Waals surface area contributed by atoms with E-state index in [-0.39, 0.29) is 6.04 Å². The molecule has 19 heavy (non-hydrogen) atoms. The van der Waals surface area contributed by atoms with Gasteiger partial charge in [-0.3, -0.25) is 4.68 Å². The minimum atomic E-state index is -0.447. The number of hydrogen-bond acceptors (Lipinski definition) is 3. The zero-order valence-electron chi connectivity index (χ0n) is 10.9. The van der Waals surface area contributed by atoms with Crippen molar-refractivity contribution < 1.29 is 8.78 Å². The lowest BCUT2D eigenvalue weighted by Crippen LogP contribution is -2.25. The second-order valence-electron chi connectivity index (χ2n) is 4.28. The normalized spacial score (nSPS) is 12.6. The summed E-state index contributed by atoms with van der Waals surface area (Å²) in [5, 5.41) is 7.12. The minimum absolute atomic E-state index is 0.310. The van der Waals surface area contributed by atoms with Gasteiger partial charge in [0, 0.05) is 25.1 Å². The van der Waals surface area contributed by atoms with E-state index in [1.165, 1.54) is 12.4 Å². The van der Waals surface area contributed by atoms with E-state index in [9.17, 15) is 8.78 Å². The van der Waals surface area contributed by atoms with E-state index in [0.29, 0.717) is 18.5 Å². The quantitative estimate of drug-likeness (QED) is 0.900. The van der Waals surface area contributed by atoms with Crippen LogP contribution in [0, 0.1) is 11.6 Å². The van der Waals surface area contributed by atoms with E-state index in [4.69, 9.17) is 0 Å². The Morgan fingerprint density at radius 1 is 1.37 bits per heavy atom. The molecule has 1 aromatic heterocycles. The van der Waals surface area contributed by atoms with E-state index >= 15 is 0 Å². The van der Waals surface area contributed by atoms with E-state index in [0.717, 1.165) is 18.0 Å². The zero-order chi connectivity index (χ0) is 13.8. The zero-order valence-corrected chi connectivity index (χ0v) is 10.9. The number of likely N-dealkylation sites (N-methyl/N-ethyl adjacent to an activating group) is 1. The molecule has 2 aromatic rings. The molecule has 0 amide bonds. The summed E-state index contributed by atoms with van der Waals surface area (Å²) in [6, 6.07) is 3.15. The Balaban J connectivity index is 2.29. The van der Waals surface area contributed by atoms with Crippen LogP contribution >= 0.6 is 0 Å². The summed E-state index contributed by atoms with van der Waals surface area (Å²) in [6.45, 7) is 2.57. The van der Waals surface area contributed by atoms with Gasteiger partial charge < -0.3 is 5.32 Å². The molecule has 0 saturated carbocycles. The number of aromatic nitrogens is 3. The summed E-state index contributed by atoms with van der Waals surface area (Å²) in [5.74, 6) is -0.151. The average molecular weight is 266 g/mol. The van der Waals surface area contributed by atoms with Gasteiger partial charge in [-0.25, -0.2) is 13.8 Å². The third kappa shape index (κ3) is 3.14. The van der Waals surface area contributed by atoms with E-state index in [1.807, 2.05) is 6.92 Å². The van der Waals surface area contributed by atoms with E-state index < -0.39 is 11.6 Å². The van der Waals surface area contributed by atoms with Gasteiger partial charge in [-0.05, 0) is 24.7 Å². The molecule has 0 aliphatic carbocycles. The first kappa shape index (κ1) is 13.6. The smallest absolute Gasteiger partial charge is 0.138 e. The van der Waals surface area contributed by atoms with Crippen LogP contribution in [0.3, 0.4) is 0 Å². The van der Waals surface area contributed by atoms with Crippen molar-refractivity contribution in [3.63, 3.8) is 0 Å². The lowest BCUT2D eigenvalue weighted by atomic mass is 10.0. The number of nitrogens with one attached hydrogen (secondary N) is 1. The van der Waals surface area contributed by atoms with Gasteiger partial charge in [0.2, 0.25) is 0 Å². The Bertz CT molecular complexity index is 553. The first-order chi connectivity index (χ1) is 9.11. The highest BCUT2D eigenvalue weighted by molar-refractivity contribution is 5.23. The molecule has 6 heteroatoms. The molecule has 0 radical (unpaired) electrons. The Morgan fingerprint density at radius 3 is 2.79 bits per heavy atom. The third-order valence-corrected chi connectivity index (χ3v) is 2.98. The summed E-state index contributed by atoms with van der Waals surface area (Å²) in [5.41, 5.74) is 0.310. The molecular formula is C13H16F2N4. The van der Waals surface area contributed by atoms with Gasteiger partial charge in [0.05, 0.1) is 0 Å². The summed E-state index contributed by atoms with van der Waals surface area (Å²) in [4.78, 5) is 4.11. The largest absolute Gasteiger partial charge is 0.310 e. The first-order valence-corrected chi connectivity index (χ1v) is 6.13. The Morgan fingerprint density at radius 2 is 2.16 bits per heavy atom. The van der Waals surface area contributed by atoms with Crippen LogP contribution < -0.4 is 5.32 Å². The number of benzene rings is 1. The van der Waals surface area contributed by atoms with Gasteiger partial charge in [-0.15, -0.1) is 0 Å². The molecule has 1 atom stereocenters. The Labute approximate surface area is 110 Å². The predicted molar refractivity (Wildman–Crippen MR) is 67.5 cm³/mol. The molecule has 1 unspecified atom stereocenters. The average Bonchev–Trinajstić information content (AvgIpc) is 2.78. The van der Waals surface area contributed by atoms with Gasteiger partial charge in [-0.1, -0.05) is 6.92 Å². The number of hydrogen-bond donors (Lipinski definition) is 1. The van der Waals surface area contributed by atoms with Crippen LogP contribution in [0.1, 0.15) is 24.4 Å². The van der Waals surface area contributed by atoms with Gasteiger partial charge >= 0.3 is 0 Å². The van der Waals surface area contributed by atoms with Crippen LogP contribution in [-0.4, -0.2) is 21.3 Å². The maximum Gasteiger partial charge on any atom is 0.138 e. The molecule has 102 valence electrons. The topological polar surface area (TPSA) is 42.7 Å². The van der Waals surface area contributed by atoms with Crippen molar-refractivity contribution in [3.05, 3.63) is 47.5 Å². The summed E-state index contributed by atoms with van der Waals surface area (Å²) in [7, 11) is 1.77. The third-order valence-electron chi connectivity index (χ3n) is 2.98. The van der Waals surface area contributed by atoms with Crippen molar-refractivity contribution in [2.24, 2.45) is 7.05 Å². The monoisotopic (exact) mass is 266 g/mol. The number of halogens is 2. The van der Waals surface area contributed by atoms with Crippen molar-refractivity contribution in [2.75, 3.05) is 6.54 Å². The highest BCUT2D eigenvalue weighted by Gasteiger charge is 2.18. The lowest BCUT2D eigenvalue weighted by molar-refractivity contribution is 0.486. The number of nitrogens with zero attached hydrogens (tertiary/aromatic N) is 3. The molecule has 4 nitrogen and oxygen atoms in total. The maximum absolute atomic E-state index is 13.8. The van der Waals surface area contributed by atoms with Crippen molar-refractivity contribution in [1.82, 2.24) is 20.1 Å². The fourth-order valence-corrected chi connectivity index (χ4v) is 2.01. The molecule has 0 bridgehead atoms. The standard InChI is InChI=1S/C13H16F2N4/c1-3-16-12(7-13-17-8-18-19(13)2)10-6-9(14)4-5-11(10)15/h4-6,8,12,16H,3,7H2,1-2H3. The minimum Gasteiger partial charge on any atom is -0.310 e. The predicted octanol–water partition coefficient (Wildman–Crippen LogP) is 1.99. The van der Waals surface area contributed by atoms with Gasteiger partial charge in [-0.2, -0.15) is 5.10 Å². The SMILES string of the molecule is CCNC(Cc1ncnn1C)c1cc(F)ccc1F. The molecule has 0 aliphatic rings. The summed E-state index contributed by atoms with van der Waals surface area (Å²) >= 11 is 0. The highest BCUT2D eigenvalue weighted by atomic mass is 19.1. The highest BCUT2D eigenvalue weighted by Crippen LogP contribution is 2.21. The first-order valence-electron chi connectivity index (χ1n) is 6.13. The molecule has 0 spiro atoms. The lowest BCUT2D eigenvalue weighted by Gasteiger charge is -2.18. The van der Waals surface area contributed by atoms with Crippen molar-refractivity contribution in [2.45, 2.75) is 19.4 Å². The fraction of sp³-hybridized carbons (Fsp3) is 0.385. The second kappa shape index (κ2) is 5.88. The molecular weight excluding hydrogens is 250 g/mol. The fourth-order valence-electron chi connectivity index (χ4n) is 2.01. The van der Waals surface area contributed by atoms with Crippen LogP contribution in [-0.2, 0) is 13.5 Å². The van der Waals surface area contributed by atoms with E-state index in [2.05, 4.69) is 15.4 Å². The number of aryl methyl sites for hydroxylation is 1. The van der Waals surface area contributed by atoms with Crippen molar-refractivity contribution in [1.29, 1.82) is 0 Å². The molecule has 0 aliphatic heterocycles. The van der Waals surface area contributed by atoms with Crippen molar-refractivity contribution in [3.8, 4) is 0 Å². The Hall–Kier alpha value is -1.82. The van der Waals surface area contributed by atoms with Crippen LogP contribution in [0.2, 0.25) is 0 Å². The molecule has 2 rings (SSSR count). The molecule has 0 fully saturated rings. The van der Waals surface area contributed by atoms with Crippen LogP contribution in [0.15, 0.2) is 24.5 Å². The number of rotatable bonds is 5. The Kier molecular flexibility index (Phi) is 4.21. The van der Waals surface area contributed by atoms with Gasteiger partial charge in [0.1, 0.15) is 23.8 Å². The summed E-state index contributed by atoms with van der Waals surface area (Å²) in [6.07, 6.45) is 1.89. The van der Waals surface area contributed by atoms with Crippen LogP contribution in [0.25, 0.3) is 0 Å². The summed E-state index contributed by atoms with van der Waals surface area (Å²) < 4.78 is 28.7. The molecule has 1 aromatic carbocycles. The van der Waals surface area contributed by atoms with Crippen LogP contribution in [0.4, 0.5) is 8.78 Å². The molecule has 1 heterocycles. The molecule has 1 N–H and O–H groups in total. The van der Waals surface area contributed by atoms with Crippen LogP contribution in [0.5, 0.6) is 0 Å². The second-order valence-corrected chi connectivity index (χ2v) is 4.28. The van der Waals surface area contributed by atoms with E-state index in [1.54, 1.807) is 11.7 Å².